The van der Waals surface area contributed by atoms with E-state index >= 15 is 0 Å². The van der Waals surface area contributed by atoms with E-state index in [0.29, 0.717) is 5.56 Å². The van der Waals surface area contributed by atoms with Gasteiger partial charge in [0, 0.05) is 5.56 Å². The molecule has 2 aromatic rings. The number of amides is 1. The minimum Gasteiger partial charge on any atom is -0.394 e. The summed E-state index contributed by atoms with van der Waals surface area (Å²) in [4.78, 5) is 12.1. The van der Waals surface area contributed by atoms with Crippen LogP contribution in [-0.4, -0.2) is 23.2 Å². The van der Waals surface area contributed by atoms with Gasteiger partial charge in [0.2, 0.25) is 0 Å². The van der Waals surface area contributed by atoms with Gasteiger partial charge in [-0.25, -0.2) is 0 Å². The molecular formula is C17H17NO2. The molecular weight excluding hydrogens is 250 g/mol. The number of carbonyl (C=O) groups excluding carboxylic acids is 1. The molecule has 102 valence electrons. The standard InChI is InChI=1S/C17H17NO2/c19-12-17(10-11-17)18-16(20)15-8-6-14(7-9-15)13-4-2-1-3-5-13/h1-9,19H,10-12H2,(H,18,20). The smallest absolute Gasteiger partial charge is 0.251 e. The van der Waals surface area contributed by atoms with Gasteiger partial charge in [-0.05, 0) is 36.1 Å². The van der Waals surface area contributed by atoms with Crippen molar-refractivity contribution in [3.8, 4) is 11.1 Å². The van der Waals surface area contributed by atoms with Gasteiger partial charge in [0.25, 0.3) is 5.91 Å². The molecule has 0 aliphatic heterocycles. The van der Waals surface area contributed by atoms with E-state index in [1.165, 1.54) is 0 Å². The van der Waals surface area contributed by atoms with Gasteiger partial charge in [-0.2, -0.15) is 0 Å². The lowest BCUT2D eigenvalue weighted by molar-refractivity contribution is 0.0907. The molecule has 2 aromatic carbocycles. The SMILES string of the molecule is O=C(NC1(CO)CC1)c1ccc(-c2ccccc2)cc1. The van der Waals surface area contributed by atoms with Crippen molar-refractivity contribution in [1.29, 1.82) is 0 Å². The van der Waals surface area contributed by atoms with E-state index in [4.69, 9.17) is 0 Å². The lowest BCUT2D eigenvalue weighted by Crippen LogP contribution is -2.39. The summed E-state index contributed by atoms with van der Waals surface area (Å²) in [5, 5.41) is 12.1. The first kappa shape index (κ1) is 12.9. The number of hydrogen-bond donors (Lipinski definition) is 2. The van der Waals surface area contributed by atoms with Crippen LogP contribution in [0.4, 0.5) is 0 Å². The van der Waals surface area contributed by atoms with Gasteiger partial charge in [-0.3, -0.25) is 4.79 Å². The summed E-state index contributed by atoms with van der Waals surface area (Å²) >= 11 is 0. The van der Waals surface area contributed by atoms with E-state index in [-0.39, 0.29) is 18.1 Å². The summed E-state index contributed by atoms with van der Waals surface area (Å²) in [7, 11) is 0. The van der Waals surface area contributed by atoms with E-state index in [1.807, 2.05) is 54.6 Å². The van der Waals surface area contributed by atoms with Crippen LogP contribution in [-0.2, 0) is 0 Å². The maximum Gasteiger partial charge on any atom is 0.251 e. The van der Waals surface area contributed by atoms with Gasteiger partial charge in [-0.1, -0.05) is 42.5 Å². The van der Waals surface area contributed by atoms with Crippen LogP contribution in [0.1, 0.15) is 23.2 Å². The first-order valence-corrected chi connectivity index (χ1v) is 6.81. The molecule has 3 heteroatoms. The Morgan fingerprint density at radius 1 is 1.00 bits per heavy atom. The normalized spacial score (nSPS) is 15.7. The number of hydrogen-bond acceptors (Lipinski definition) is 2. The molecule has 3 rings (SSSR count). The van der Waals surface area contributed by atoms with Crippen LogP contribution in [0.3, 0.4) is 0 Å². The van der Waals surface area contributed by atoms with Crippen molar-refractivity contribution in [3.05, 3.63) is 60.2 Å². The van der Waals surface area contributed by atoms with Gasteiger partial charge in [0.15, 0.2) is 0 Å². The Kier molecular flexibility index (Phi) is 3.28. The third-order valence-corrected chi connectivity index (χ3v) is 3.79. The highest BCUT2D eigenvalue weighted by Crippen LogP contribution is 2.34. The molecule has 0 heterocycles. The fourth-order valence-electron chi connectivity index (χ4n) is 2.23. The summed E-state index contributed by atoms with van der Waals surface area (Å²) < 4.78 is 0. The number of rotatable bonds is 4. The third-order valence-electron chi connectivity index (χ3n) is 3.79. The third kappa shape index (κ3) is 2.58. The second-order valence-electron chi connectivity index (χ2n) is 5.34. The van der Waals surface area contributed by atoms with Crippen molar-refractivity contribution < 1.29 is 9.90 Å². The molecule has 2 N–H and O–H groups in total. The first-order valence-electron chi connectivity index (χ1n) is 6.81. The van der Waals surface area contributed by atoms with Crippen LogP contribution >= 0.6 is 0 Å². The molecule has 1 saturated carbocycles. The van der Waals surface area contributed by atoms with E-state index in [1.54, 1.807) is 0 Å². The van der Waals surface area contributed by atoms with Gasteiger partial charge in [-0.15, -0.1) is 0 Å². The van der Waals surface area contributed by atoms with Crippen molar-refractivity contribution in [2.45, 2.75) is 18.4 Å². The summed E-state index contributed by atoms with van der Waals surface area (Å²) in [5.41, 5.74) is 2.48. The molecule has 0 aromatic heterocycles. The average Bonchev–Trinajstić information content (AvgIpc) is 3.28. The maximum absolute atomic E-state index is 12.1. The largest absolute Gasteiger partial charge is 0.394 e. The number of aliphatic hydroxyl groups is 1. The molecule has 1 aliphatic rings. The molecule has 20 heavy (non-hydrogen) atoms. The Labute approximate surface area is 118 Å². The Balaban J connectivity index is 1.75. The van der Waals surface area contributed by atoms with Crippen molar-refractivity contribution in [2.24, 2.45) is 0 Å². The topological polar surface area (TPSA) is 49.3 Å². The second-order valence-corrected chi connectivity index (χ2v) is 5.34. The molecule has 0 bridgehead atoms. The van der Waals surface area contributed by atoms with Crippen molar-refractivity contribution in [2.75, 3.05) is 6.61 Å². The lowest BCUT2D eigenvalue weighted by atomic mass is 10.0. The Morgan fingerprint density at radius 3 is 2.15 bits per heavy atom. The fourth-order valence-corrected chi connectivity index (χ4v) is 2.23. The number of aliphatic hydroxyl groups excluding tert-OH is 1. The minimum absolute atomic E-state index is 0.0147. The van der Waals surface area contributed by atoms with Crippen LogP contribution < -0.4 is 5.32 Å². The minimum atomic E-state index is -0.366. The number of benzene rings is 2. The molecule has 3 nitrogen and oxygen atoms in total. The summed E-state index contributed by atoms with van der Waals surface area (Å²) in [5.74, 6) is -0.115. The molecule has 1 fully saturated rings. The number of nitrogens with one attached hydrogen (secondary N) is 1. The highest BCUT2D eigenvalue weighted by molar-refractivity contribution is 5.95. The van der Waals surface area contributed by atoms with Crippen LogP contribution in [0.2, 0.25) is 0 Å². The fraction of sp³-hybridized carbons (Fsp3) is 0.235. The zero-order valence-electron chi connectivity index (χ0n) is 11.2. The van der Waals surface area contributed by atoms with Crippen molar-refractivity contribution in [1.82, 2.24) is 5.32 Å². The van der Waals surface area contributed by atoms with E-state index in [0.717, 1.165) is 24.0 Å². The predicted molar refractivity (Wildman–Crippen MR) is 78.4 cm³/mol. The van der Waals surface area contributed by atoms with E-state index < -0.39 is 0 Å². The van der Waals surface area contributed by atoms with Crippen molar-refractivity contribution >= 4 is 5.91 Å². The summed E-state index contributed by atoms with van der Waals surface area (Å²) in [6.45, 7) is 0.0147. The van der Waals surface area contributed by atoms with Crippen LogP contribution in [0.15, 0.2) is 54.6 Å². The Morgan fingerprint density at radius 2 is 1.60 bits per heavy atom. The lowest BCUT2D eigenvalue weighted by Gasteiger charge is -2.14. The molecule has 0 radical (unpaired) electrons. The Hall–Kier alpha value is -2.13. The van der Waals surface area contributed by atoms with Gasteiger partial charge in [0.05, 0.1) is 12.1 Å². The number of carbonyl (C=O) groups is 1. The zero-order valence-corrected chi connectivity index (χ0v) is 11.2. The van der Waals surface area contributed by atoms with Gasteiger partial charge in [0.1, 0.15) is 0 Å². The summed E-state index contributed by atoms with van der Waals surface area (Å²) in [6.07, 6.45) is 1.72. The van der Waals surface area contributed by atoms with Crippen molar-refractivity contribution in [3.63, 3.8) is 0 Å². The molecule has 0 unspecified atom stereocenters. The molecule has 0 spiro atoms. The highest BCUT2D eigenvalue weighted by Gasteiger charge is 2.43. The van der Waals surface area contributed by atoms with Crippen LogP contribution in [0.5, 0.6) is 0 Å². The van der Waals surface area contributed by atoms with Crippen LogP contribution in [0.25, 0.3) is 11.1 Å². The predicted octanol–water partition coefficient (Wildman–Crippen LogP) is 2.61. The molecule has 1 amide bonds. The molecule has 1 aliphatic carbocycles. The summed E-state index contributed by atoms with van der Waals surface area (Å²) in [6, 6.07) is 17.6. The molecule has 0 saturated heterocycles. The van der Waals surface area contributed by atoms with E-state index in [9.17, 15) is 9.90 Å². The second kappa shape index (κ2) is 5.10. The highest BCUT2D eigenvalue weighted by atomic mass is 16.3. The molecule has 0 atom stereocenters. The van der Waals surface area contributed by atoms with Crippen LogP contribution in [0, 0.1) is 0 Å². The average molecular weight is 267 g/mol. The monoisotopic (exact) mass is 267 g/mol. The quantitative estimate of drug-likeness (QED) is 0.894. The Bertz CT molecular complexity index is 601. The zero-order chi connectivity index (χ0) is 14.0. The maximum atomic E-state index is 12.1. The first-order chi connectivity index (χ1) is 9.72. The van der Waals surface area contributed by atoms with E-state index in [2.05, 4.69) is 5.32 Å². The van der Waals surface area contributed by atoms with Gasteiger partial charge >= 0.3 is 0 Å². The van der Waals surface area contributed by atoms with Gasteiger partial charge < -0.3 is 10.4 Å².